The van der Waals surface area contributed by atoms with E-state index in [-0.39, 0.29) is 4.87 Å². The number of fused-ring (bicyclic) bond motifs is 1. The molecule has 4 aliphatic carbocycles. The average molecular weight is 337 g/mol. The standard InChI is InChI=1S/C21H33ClO/c1-13-16-6-7-17-18-5-4-14-12-15(23-13)8-9-20(14,3)21(18,22)11-10-19(16,17)2/h13-18H,4-12H2,1-3H3/t13?,14?,15?,16-,17+,18+,19-,20+,21-/m1/s1. The fourth-order valence-electron chi connectivity index (χ4n) is 8.44. The van der Waals surface area contributed by atoms with Gasteiger partial charge in [-0.15, -0.1) is 11.6 Å². The number of alkyl halides is 1. The van der Waals surface area contributed by atoms with Crippen LogP contribution in [-0.4, -0.2) is 17.1 Å². The van der Waals surface area contributed by atoms with Crippen LogP contribution in [0.2, 0.25) is 0 Å². The van der Waals surface area contributed by atoms with E-state index in [1.165, 1.54) is 57.8 Å². The lowest BCUT2D eigenvalue weighted by Gasteiger charge is -2.64. The first-order valence-corrected chi connectivity index (χ1v) is 10.6. The summed E-state index contributed by atoms with van der Waals surface area (Å²) >= 11 is 7.63. The van der Waals surface area contributed by atoms with Crippen LogP contribution in [0, 0.1) is 34.5 Å². The van der Waals surface area contributed by atoms with Crippen LogP contribution in [0.1, 0.15) is 78.6 Å². The van der Waals surface area contributed by atoms with E-state index in [0.29, 0.717) is 23.0 Å². The van der Waals surface area contributed by atoms with Crippen LogP contribution >= 0.6 is 11.6 Å². The van der Waals surface area contributed by atoms with Crippen molar-refractivity contribution in [2.45, 2.75) is 95.6 Å². The fourth-order valence-corrected chi connectivity index (χ4v) is 9.04. The molecule has 9 aliphatic rings. The van der Waals surface area contributed by atoms with E-state index in [9.17, 15) is 0 Å². The van der Waals surface area contributed by atoms with Gasteiger partial charge in [-0.05, 0) is 99.2 Å². The van der Waals surface area contributed by atoms with Gasteiger partial charge < -0.3 is 4.74 Å². The molecule has 8 bridgehead atoms. The Bertz CT molecular complexity index is 520. The van der Waals surface area contributed by atoms with Crippen LogP contribution in [-0.2, 0) is 4.74 Å². The smallest absolute Gasteiger partial charge is 0.0584 e. The molecule has 1 nitrogen and oxygen atoms in total. The van der Waals surface area contributed by atoms with Crippen LogP contribution in [0.15, 0.2) is 0 Å². The summed E-state index contributed by atoms with van der Waals surface area (Å²) in [6.45, 7) is 7.54. The topological polar surface area (TPSA) is 9.23 Å². The third kappa shape index (κ3) is 1.75. The molecule has 0 radical (unpaired) electrons. The maximum absolute atomic E-state index is 7.63. The van der Waals surface area contributed by atoms with Crippen molar-refractivity contribution in [2.24, 2.45) is 34.5 Å². The SMILES string of the molecule is CC1OC2CC[C@@]3(C)C(CC[C@H]4[C@@H]5CC[C@H]1[C@@]5(C)CC[C@@]43Cl)C2. The van der Waals surface area contributed by atoms with Gasteiger partial charge in [-0.2, -0.15) is 0 Å². The van der Waals surface area contributed by atoms with Gasteiger partial charge in [0.2, 0.25) is 0 Å². The summed E-state index contributed by atoms with van der Waals surface area (Å²) in [5.41, 5.74) is 0.833. The Balaban J connectivity index is 1.68. The molecule has 3 unspecified atom stereocenters. The first kappa shape index (κ1) is 15.5. The second kappa shape index (κ2) is 4.70. The molecule has 5 aliphatic heterocycles. The van der Waals surface area contributed by atoms with Crippen LogP contribution in [0.5, 0.6) is 0 Å². The Hall–Kier alpha value is 0.250. The van der Waals surface area contributed by atoms with Gasteiger partial charge in [0, 0.05) is 0 Å². The Kier molecular flexibility index (Phi) is 3.17. The molecular weight excluding hydrogens is 304 g/mol. The molecule has 9 rings (SSSR count). The lowest BCUT2D eigenvalue weighted by Crippen LogP contribution is -2.62. The van der Waals surface area contributed by atoms with Gasteiger partial charge in [0.1, 0.15) is 0 Å². The van der Waals surface area contributed by atoms with E-state index in [2.05, 4.69) is 20.8 Å². The Morgan fingerprint density at radius 3 is 2.43 bits per heavy atom. The summed E-state index contributed by atoms with van der Waals surface area (Å²) in [4.78, 5) is 0.0769. The maximum atomic E-state index is 7.63. The Labute approximate surface area is 146 Å². The van der Waals surface area contributed by atoms with E-state index in [0.717, 1.165) is 23.7 Å². The molecule has 130 valence electrons. The first-order chi connectivity index (χ1) is 10.9. The van der Waals surface area contributed by atoms with E-state index >= 15 is 0 Å². The fraction of sp³-hybridized carbons (Fsp3) is 1.00. The van der Waals surface area contributed by atoms with Crippen molar-refractivity contribution >= 4 is 11.6 Å². The zero-order valence-electron chi connectivity index (χ0n) is 15.1. The third-order valence-electron chi connectivity index (χ3n) is 9.77. The van der Waals surface area contributed by atoms with Crippen molar-refractivity contribution < 1.29 is 4.74 Å². The molecule has 0 aromatic heterocycles. The summed E-state index contributed by atoms with van der Waals surface area (Å²) in [5, 5.41) is 0. The molecule has 23 heavy (non-hydrogen) atoms. The molecule has 0 amide bonds. The molecule has 5 saturated heterocycles. The van der Waals surface area contributed by atoms with Crippen molar-refractivity contribution in [3.8, 4) is 0 Å². The third-order valence-corrected chi connectivity index (χ3v) is 10.7. The van der Waals surface area contributed by atoms with Crippen molar-refractivity contribution in [2.75, 3.05) is 0 Å². The molecule has 0 aromatic carbocycles. The summed E-state index contributed by atoms with van der Waals surface area (Å²) in [7, 11) is 0. The van der Waals surface area contributed by atoms with Gasteiger partial charge >= 0.3 is 0 Å². The Morgan fingerprint density at radius 1 is 0.870 bits per heavy atom. The highest BCUT2D eigenvalue weighted by Crippen LogP contribution is 2.72. The molecule has 4 saturated carbocycles. The van der Waals surface area contributed by atoms with Gasteiger partial charge in [-0.3, -0.25) is 0 Å². The summed E-state index contributed by atoms with van der Waals surface area (Å²) in [6, 6.07) is 0. The van der Waals surface area contributed by atoms with Gasteiger partial charge in [-0.25, -0.2) is 0 Å². The minimum absolute atomic E-state index is 0.0769. The lowest BCUT2D eigenvalue weighted by atomic mass is 9.44. The second-order valence-electron chi connectivity index (χ2n) is 10.2. The highest BCUT2D eigenvalue weighted by Gasteiger charge is 2.67. The van der Waals surface area contributed by atoms with Gasteiger partial charge in [-0.1, -0.05) is 13.8 Å². The molecular formula is C21H33ClO. The highest BCUT2D eigenvalue weighted by molar-refractivity contribution is 6.25. The predicted octanol–water partition coefficient (Wildman–Crippen LogP) is 5.79. The molecule has 0 aromatic rings. The summed E-state index contributed by atoms with van der Waals surface area (Å²) in [6.07, 6.45) is 12.9. The van der Waals surface area contributed by atoms with E-state index in [4.69, 9.17) is 16.3 Å². The zero-order chi connectivity index (χ0) is 16.0. The predicted molar refractivity (Wildman–Crippen MR) is 94.6 cm³/mol. The van der Waals surface area contributed by atoms with E-state index in [1.807, 2.05) is 0 Å². The molecule has 0 spiro atoms. The van der Waals surface area contributed by atoms with Gasteiger partial charge in [0.15, 0.2) is 0 Å². The normalized spacial score (nSPS) is 64.2. The number of rotatable bonds is 0. The van der Waals surface area contributed by atoms with Crippen LogP contribution in [0.4, 0.5) is 0 Å². The molecule has 0 N–H and O–H groups in total. The van der Waals surface area contributed by atoms with Crippen molar-refractivity contribution in [3.63, 3.8) is 0 Å². The Morgan fingerprint density at radius 2 is 1.61 bits per heavy atom. The van der Waals surface area contributed by atoms with Crippen LogP contribution in [0.25, 0.3) is 0 Å². The summed E-state index contributed by atoms with van der Waals surface area (Å²) in [5.74, 6) is 3.16. The summed E-state index contributed by atoms with van der Waals surface area (Å²) < 4.78 is 6.70. The average Bonchev–Trinajstić information content (AvgIpc) is 2.84. The lowest BCUT2D eigenvalue weighted by molar-refractivity contribution is -0.106. The zero-order valence-corrected chi connectivity index (χ0v) is 15.9. The van der Waals surface area contributed by atoms with Crippen LogP contribution in [0.3, 0.4) is 0 Å². The highest BCUT2D eigenvalue weighted by atomic mass is 35.5. The monoisotopic (exact) mass is 336 g/mol. The number of ether oxygens (including phenoxy) is 1. The number of hydrogen-bond acceptors (Lipinski definition) is 1. The van der Waals surface area contributed by atoms with Gasteiger partial charge in [0.05, 0.1) is 17.1 Å². The van der Waals surface area contributed by atoms with Crippen LogP contribution < -0.4 is 0 Å². The van der Waals surface area contributed by atoms with Crippen molar-refractivity contribution in [1.82, 2.24) is 0 Å². The minimum Gasteiger partial charge on any atom is -0.375 e. The number of hydrogen-bond donors (Lipinski definition) is 0. The molecule has 5 heterocycles. The largest absolute Gasteiger partial charge is 0.375 e. The minimum atomic E-state index is 0.0769. The first-order valence-electron chi connectivity index (χ1n) is 10.2. The van der Waals surface area contributed by atoms with Crippen molar-refractivity contribution in [1.29, 1.82) is 0 Å². The van der Waals surface area contributed by atoms with Gasteiger partial charge in [0.25, 0.3) is 0 Å². The van der Waals surface area contributed by atoms with E-state index < -0.39 is 0 Å². The number of halogens is 1. The molecule has 9 fully saturated rings. The quantitative estimate of drug-likeness (QED) is 0.508. The second-order valence-corrected chi connectivity index (χ2v) is 10.9. The maximum Gasteiger partial charge on any atom is 0.0584 e. The van der Waals surface area contributed by atoms with Crippen molar-refractivity contribution in [3.05, 3.63) is 0 Å². The molecule has 9 atom stereocenters. The molecule has 2 heteroatoms. The van der Waals surface area contributed by atoms with E-state index in [1.54, 1.807) is 0 Å².